The van der Waals surface area contributed by atoms with E-state index in [0.717, 1.165) is 38.5 Å². The summed E-state index contributed by atoms with van der Waals surface area (Å²) in [5.41, 5.74) is 0. The third-order valence-corrected chi connectivity index (χ3v) is 9.14. The molecule has 4 unspecified atom stereocenters. The summed E-state index contributed by atoms with van der Waals surface area (Å²) in [6, 6.07) is -1.00. The predicted octanol–water partition coefficient (Wildman–Crippen LogP) is 9.62. The maximum absolute atomic E-state index is 12.4. The quantitative estimate of drug-likeness (QED) is 0.0346. The molecule has 5 N–H and O–H groups in total. The molecule has 0 saturated heterocycles. The number of aliphatic hydroxyl groups is 4. The lowest BCUT2D eigenvalue weighted by molar-refractivity contribution is -0.132. The maximum Gasteiger partial charge on any atom is 0.249 e. The van der Waals surface area contributed by atoms with Crippen LogP contribution in [0.2, 0.25) is 0 Å². The summed E-state index contributed by atoms with van der Waals surface area (Å²) in [7, 11) is 0. The molecule has 0 bridgehead atoms. The van der Waals surface area contributed by atoms with E-state index >= 15 is 0 Å². The van der Waals surface area contributed by atoms with Gasteiger partial charge in [0, 0.05) is 0 Å². The fourth-order valence-corrected chi connectivity index (χ4v) is 5.95. The lowest BCUT2D eigenvalue weighted by Gasteiger charge is -2.27. The Balaban J connectivity index is 3.83. The molecule has 1 amide bonds. The smallest absolute Gasteiger partial charge is 0.249 e. The zero-order valence-electron chi connectivity index (χ0n) is 30.3. The molecular weight excluding hydrogens is 574 g/mol. The van der Waals surface area contributed by atoms with Crippen LogP contribution in [0.3, 0.4) is 0 Å². The van der Waals surface area contributed by atoms with E-state index in [1.54, 1.807) is 0 Å². The van der Waals surface area contributed by atoms with E-state index in [-0.39, 0.29) is 0 Å². The van der Waals surface area contributed by atoms with E-state index in [1.165, 1.54) is 122 Å². The Kier molecular flexibility index (Phi) is 34.2. The van der Waals surface area contributed by atoms with Crippen LogP contribution in [0.1, 0.15) is 194 Å². The third kappa shape index (κ3) is 29.0. The standard InChI is InChI=1S/C40H77NO5/c1-3-5-7-9-11-13-15-16-17-18-19-20-21-22-23-24-26-27-29-31-33-37(43)39(45)36(35-42)41-40(46)38(44)34-32-30-28-25-14-12-10-8-6-4-2/h21-22,26-27,36-39,42-45H,3-20,23-25,28-35H2,1-2H3,(H,41,46)/b22-21+,27-26+. The van der Waals surface area contributed by atoms with Crippen LogP contribution in [-0.4, -0.2) is 57.3 Å². The van der Waals surface area contributed by atoms with E-state index in [0.29, 0.717) is 19.3 Å². The minimum atomic E-state index is -1.28. The van der Waals surface area contributed by atoms with Crippen LogP contribution < -0.4 is 5.32 Å². The summed E-state index contributed by atoms with van der Waals surface area (Å²) in [5.74, 6) is -0.600. The summed E-state index contributed by atoms with van der Waals surface area (Å²) in [6.45, 7) is 4.00. The summed E-state index contributed by atoms with van der Waals surface area (Å²) >= 11 is 0. The zero-order chi connectivity index (χ0) is 33.9. The van der Waals surface area contributed by atoms with Gasteiger partial charge in [0.25, 0.3) is 0 Å². The second kappa shape index (κ2) is 35.1. The van der Waals surface area contributed by atoms with Crippen molar-refractivity contribution < 1.29 is 25.2 Å². The van der Waals surface area contributed by atoms with Crippen molar-refractivity contribution >= 4 is 5.91 Å². The number of nitrogens with one attached hydrogen (secondary N) is 1. The topological polar surface area (TPSA) is 110 Å². The summed E-state index contributed by atoms with van der Waals surface area (Å²) < 4.78 is 0. The second-order valence-electron chi connectivity index (χ2n) is 13.6. The molecule has 4 atom stereocenters. The molecule has 0 fully saturated rings. The predicted molar refractivity (Wildman–Crippen MR) is 196 cm³/mol. The highest BCUT2D eigenvalue weighted by atomic mass is 16.3. The first-order valence-electron chi connectivity index (χ1n) is 19.7. The van der Waals surface area contributed by atoms with Crippen molar-refractivity contribution in [3.8, 4) is 0 Å². The van der Waals surface area contributed by atoms with Crippen molar-refractivity contribution in [1.29, 1.82) is 0 Å². The second-order valence-corrected chi connectivity index (χ2v) is 13.6. The highest BCUT2D eigenvalue weighted by Crippen LogP contribution is 2.14. The normalized spacial score (nSPS) is 14.7. The van der Waals surface area contributed by atoms with Gasteiger partial charge in [-0.2, -0.15) is 0 Å². The van der Waals surface area contributed by atoms with E-state index in [1.807, 2.05) is 0 Å². The lowest BCUT2D eigenvalue weighted by Crippen LogP contribution is -2.53. The SMILES string of the molecule is CCCCCCCCCCCCC/C=C/CC/C=C/CCCC(O)C(O)C(CO)NC(=O)C(O)CCCCCCCCCCCC. The molecule has 6 nitrogen and oxygen atoms in total. The minimum absolute atomic E-state index is 0.362. The Labute approximate surface area is 284 Å². The van der Waals surface area contributed by atoms with Gasteiger partial charge in [0.2, 0.25) is 5.91 Å². The molecule has 0 aromatic heterocycles. The molecule has 0 aromatic rings. The molecule has 0 aliphatic rings. The molecule has 0 radical (unpaired) electrons. The van der Waals surface area contributed by atoms with Crippen molar-refractivity contribution in [3.63, 3.8) is 0 Å². The van der Waals surface area contributed by atoms with Gasteiger partial charge in [-0.05, 0) is 51.4 Å². The van der Waals surface area contributed by atoms with Gasteiger partial charge in [-0.25, -0.2) is 0 Å². The highest BCUT2D eigenvalue weighted by Gasteiger charge is 2.28. The number of carbonyl (C=O) groups is 1. The van der Waals surface area contributed by atoms with E-state index < -0.39 is 36.9 Å². The number of aliphatic hydroxyl groups excluding tert-OH is 4. The van der Waals surface area contributed by atoms with Gasteiger partial charge in [-0.3, -0.25) is 4.79 Å². The van der Waals surface area contributed by atoms with E-state index in [9.17, 15) is 25.2 Å². The van der Waals surface area contributed by atoms with Gasteiger partial charge in [0.15, 0.2) is 0 Å². The zero-order valence-corrected chi connectivity index (χ0v) is 30.3. The van der Waals surface area contributed by atoms with Crippen LogP contribution in [0, 0.1) is 0 Å². The molecular formula is C40H77NO5. The Morgan fingerprint density at radius 1 is 0.522 bits per heavy atom. The van der Waals surface area contributed by atoms with Gasteiger partial charge in [0.1, 0.15) is 12.2 Å². The number of carbonyl (C=O) groups excluding carboxylic acids is 1. The Bertz CT molecular complexity index is 697. The summed E-state index contributed by atoms with van der Waals surface area (Å²) in [6.07, 6.45) is 37.8. The summed E-state index contributed by atoms with van der Waals surface area (Å²) in [4.78, 5) is 12.4. The Morgan fingerprint density at radius 3 is 1.37 bits per heavy atom. The number of allylic oxidation sites excluding steroid dienone is 4. The minimum Gasteiger partial charge on any atom is -0.394 e. The Morgan fingerprint density at radius 2 is 0.913 bits per heavy atom. The van der Waals surface area contributed by atoms with Crippen molar-refractivity contribution in [2.75, 3.05) is 6.61 Å². The van der Waals surface area contributed by atoms with Crippen LogP contribution in [0.5, 0.6) is 0 Å². The molecule has 0 rings (SSSR count). The van der Waals surface area contributed by atoms with Crippen molar-refractivity contribution in [3.05, 3.63) is 24.3 Å². The molecule has 272 valence electrons. The van der Waals surface area contributed by atoms with Crippen molar-refractivity contribution in [2.24, 2.45) is 0 Å². The van der Waals surface area contributed by atoms with Crippen LogP contribution in [0.15, 0.2) is 24.3 Å². The molecule has 0 aliphatic heterocycles. The molecule has 0 heterocycles. The van der Waals surface area contributed by atoms with Crippen molar-refractivity contribution in [1.82, 2.24) is 5.32 Å². The first kappa shape index (κ1) is 44.8. The van der Waals surface area contributed by atoms with Crippen LogP contribution in [0.4, 0.5) is 0 Å². The molecule has 0 spiro atoms. The molecule has 0 aliphatic carbocycles. The average molecular weight is 652 g/mol. The number of hydrogen-bond acceptors (Lipinski definition) is 5. The highest BCUT2D eigenvalue weighted by molar-refractivity contribution is 5.80. The van der Waals surface area contributed by atoms with E-state index in [2.05, 4.69) is 43.5 Å². The van der Waals surface area contributed by atoms with Gasteiger partial charge >= 0.3 is 0 Å². The number of amides is 1. The van der Waals surface area contributed by atoms with Crippen molar-refractivity contribution in [2.45, 2.75) is 218 Å². The average Bonchev–Trinajstić information content (AvgIpc) is 3.06. The van der Waals surface area contributed by atoms with Gasteiger partial charge in [0.05, 0.1) is 18.8 Å². The first-order chi connectivity index (χ1) is 22.5. The van der Waals surface area contributed by atoms with Crippen LogP contribution in [-0.2, 0) is 4.79 Å². The molecule has 0 saturated carbocycles. The molecule has 46 heavy (non-hydrogen) atoms. The fourth-order valence-electron chi connectivity index (χ4n) is 5.95. The van der Waals surface area contributed by atoms with Crippen LogP contribution >= 0.6 is 0 Å². The van der Waals surface area contributed by atoms with Crippen LogP contribution in [0.25, 0.3) is 0 Å². The largest absolute Gasteiger partial charge is 0.394 e. The monoisotopic (exact) mass is 652 g/mol. The van der Waals surface area contributed by atoms with E-state index in [4.69, 9.17) is 0 Å². The molecule has 0 aromatic carbocycles. The lowest BCUT2D eigenvalue weighted by atomic mass is 10.00. The molecule has 6 heteroatoms. The fraction of sp³-hybridized carbons (Fsp3) is 0.875. The number of rotatable bonds is 35. The first-order valence-corrected chi connectivity index (χ1v) is 19.7. The van der Waals surface area contributed by atoms with Gasteiger partial charge < -0.3 is 25.7 Å². The van der Waals surface area contributed by atoms with Gasteiger partial charge in [-0.15, -0.1) is 0 Å². The third-order valence-electron chi connectivity index (χ3n) is 9.14. The summed E-state index contributed by atoms with van der Waals surface area (Å²) in [5, 5.41) is 43.4. The number of unbranched alkanes of at least 4 members (excludes halogenated alkanes) is 22. The van der Waals surface area contributed by atoms with Gasteiger partial charge in [-0.1, -0.05) is 167 Å². The maximum atomic E-state index is 12.4. The number of hydrogen-bond donors (Lipinski definition) is 5. The Hall–Kier alpha value is -1.21.